The van der Waals surface area contributed by atoms with Crippen LogP contribution >= 0.6 is 23.1 Å². The zero-order chi connectivity index (χ0) is 7.56. The van der Waals surface area contributed by atoms with Crippen molar-refractivity contribution in [2.75, 3.05) is 6.26 Å². The van der Waals surface area contributed by atoms with Crippen LogP contribution in [0, 0.1) is 0 Å². The van der Waals surface area contributed by atoms with Crippen LogP contribution in [0.3, 0.4) is 0 Å². The number of thiazole rings is 1. The topological polar surface area (TPSA) is 12.9 Å². The molecule has 1 heterocycles. The lowest BCUT2D eigenvalue weighted by atomic mass is 10.7. The fourth-order valence-electron chi connectivity index (χ4n) is 0.467. The summed E-state index contributed by atoms with van der Waals surface area (Å²) in [5.41, 5.74) is 0. The van der Waals surface area contributed by atoms with Crippen molar-refractivity contribution in [1.29, 1.82) is 0 Å². The largest absolute Gasteiger partial charge is 0.289 e. The van der Waals surface area contributed by atoms with E-state index in [1.165, 1.54) is 18.0 Å². The summed E-state index contributed by atoms with van der Waals surface area (Å²) in [6.07, 6.45) is 0.880. The van der Waals surface area contributed by atoms with Crippen molar-refractivity contribution in [2.24, 2.45) is 0 Å². The number of alkyl halides is 2. The summed E-state index contributed by atoms with van der Waals surface area (Å²) >= 11 is 2.47. The van der Waals surface area contributed by atoms with Gasteiger partial charge in [-0.25, -0.2) is 13.8 Å². The molecule has 0 bridgehead atoms. The van der Waals surface area contributed by atoms with Crippen molar-refractivity contribution in [3.8, 4) is 0 Å². The van der Waals surface area contributed by atoms with E-state index in [0.717, 1.165) is 15.5 Å². The number of hydrogen-bond donors (Lipinski definition) is 0. The molecule has 1 aromatic heterocycles. The highest BCUT2D eigenvalue weighted by molar-refractivity contribution is 8.00. The highest BCUT2D eigenvalue weighted by Gasteiger charge is 2.10. The summed E-state index contributed by atoms with van der Waals surface area (Å²) in [5.74, 6) is 0. The maximum Gasteiger partial charge on any atom is 0.289 e. The van der Waals surface area contributed by atoms with Crippen molar-refractivity contribution < 1.29 is 8.78 Å². The SMILES string of the molecule is CSc1cnc(C(F)F)s1. The third kappa shape index (κ3) is 1.67. The molecule has 0 aromatic carbocycles. The third-order valence-electron chi connectivity index (χ3n) is 0.890. The van der Waals surface area contributed by atoms with E-state index in [1.807, 2.05) is 6.26 Å². The zero-order valence-corrected chi connectivity index (χ0v) is 6.81. The fourth-order valence-corrected chi connectivity index (χ4v) is 1.72. The van der Waals surface area contributed by atoms with Gasteiger partial charge in [-0.05, 0) is 6.26 Å². The van der Waals surface area contributed by atoms with Gasteiger partial charge in [0, 0.05) is 0 Å². The maximum atomic E-state index is 11.9. The lowest BCUT2D eigenvalue weighted by Crippen LogP contribution is -1.77. The predicted octanol–water partition coefficient (Wildman–Crippen LogP) is 2.80. The Kier molecular flexibility index (Phi) is 2.62. The molecule has 0 atom stereocenters. The highest BCUT2D eigenvalue weighted by atomic mass is 32.2. The quantitative estimate of drug-likeness (QED) is 0.651. The van der Waals surface area contributed by atoms with E-state index >= 15 is 0 Å². The standard InChI is InChI=1S/C5H5F2NS2/c1-9-3-2-8-5(10-3)4(6)7/h2,4H,1H3. The first-order chi connectivity index (χ1) is 4.74. The van der Waals surface area contributed by atoms with Gasteiger partial charge in [0.2, 0.25) is 0 Å². The summed E-state index contributed by atoms with van der Waals surface area (Å²) < 4.78 is 24.5. The highest BCUT2D eigenvalue weighted by Crippen LogP contribution is 2.28. The van der Waals surface area contributed by atoms with Gasteiger partial charge in [0.15, 0.2) is 5.01 Å². The molecule has 1 aromatic rings. The van der Waals surface area contributed by atoms with E-state index in [0.29, 0.717) is 0 Å². The van der Waals surface area contributed by atoms with Crippen LogP contribution in [0.15, 0.2) is 10.4 Å². The Balaban J connectivity index is 2.78. The second kappa shape index (κ2) is 3.30. The van der Waals surface area contributed by atoms with Crippen LogP contribution in [0.25, 0.3) is 0 Å². The minimum Gasteiger partial charge on any atom is -0.242 e. The lowest BCUT2D eigenvalue weighted by Gasteiger charge is -1.87. The number of nitrogens with zero attached hydrogens (tertiary/aromatic N) is 1. The summed E-state index contributed by atoms with van der Waals surface area (Å²) in [6, 6.07) is 0. The molecule has 10 heavy (non-hydrogen) atoms. The summed E-state index contributed by atoms with van der Waals surface area (Å²) in [6.45, 7) is 0. The molecule has 0 unspecified atom stereocenters. The van der Waals surface area contributed by atoms with E-state index in [2.05, 4.69) is 4.98 Å². The smallest absolute Gasteiger partial charge is 0.242 e. The van der Waals surface area contributed by atoms with Crippen LogP contribution in [0.2, 0.25) is 0 Å². The number of halogens is 2. The molecule has 0 saturated heterocycles. The zero-order valence-electron chi connectivity index (χ0n) is 5.17. The molecule has 0 saturated carbocycles. The maximum absolute atomic E-state index is 11.9. The first-order valence-corrected chi connectivity index (χ1v) is 4.56. The molecular weight excluding hydrogens is 176 g/mol. The molecule has 56 valence electrons. The summed E-state index contributed by atoms with van der Waals surface area (Å²) in [7, 11) is 0. The van der Waals surface area contributed by atoms with Crippen LogP contribution < -0.4 is 0 Å². The number of thioether (sulfide) groups is 1. The van der Waals surface area contributed by atoms with Crippen molar-refractivity contribution in [3.05, 3.63) is 11.2 Å². The van der Waals surface area contributed by atoms with Gasteiger partial charge in [-0.15, -0.1) is 23.1 Å². The van der Waals surface area contributed by atoms with E-state index in [-0.39, 0.29) is 5.01 Å². The molecule has 0 aliphatic heterocycles. The Labute approximate surface area is 65.5 Å². The van der Waals surface area contributed by atoms with Gasteiger partial charge in [0.1, 0.15) is 0 Å². The van der Waals surface area contributed by atoms with Crippen molar-refractivity contribution in [2.45, 2.75) is 10.6 Å². The van der Waals surface area contributed by atoms with Crippen molar-refractivity contribution >= 4 is 23.1 Å². The molecule has 1 rings (SSSR count). The van der Waals surface area contributed by atoms with E-state index in [9.17, 15) is 8.78 Å². The second-order valence-corrected chi connectivity index (χ2v) is 3.69. The Morgan fingerprint density at radius 1 is 1.70 bits per heavy atom. The van der Waals surface area contributed by atoms with Gasteiger partial charge in [0.05, 0.1) is 10.4 Å². The molecule has 0 radical (unpaired) electrons. The fraction of sp³-hybridized carbons (Fsp3) is 0.400. The Morgan fingerprint density at radius 2 is 2.40 bits per heavy atom. The third-order valence-corrected chi connectivity index (χ3v) is 2.95. The monoisotopic (exact) mass is 181 g/mol. The summed E-state index contributed by atoms with van der Waals surface area (Å²) in [4.78, 5) is 3.53. The molecule has 1 nitrogen and oxygen atoms in total. The number of aromatic nitrogens is 1. The average Bonchev–Trinajstić information content (AvgIpc) is 2.34. The minimum atomic E-state index is -2.43. The number of rotatable bonds is 2. The normalized spacial score (nSPS) is 10.8. The van der Waals surface area contributed by atoms with Crippen LogP contribution in [0.5, 0.6) is 0 Å². The molecule has 0 amide bonds. The van der Waals surface area contributed by atoms with E-state index < -0.39 is 6.43 Å². The minimum absolute atomic E-state index is 0.0932. The first-order valence-electron chi connectivity index (χ1n) is 2.52. The molecule has 0 N–H and O–H groups in total. The lowest BCUT2D eigenvalue weighted by molar-refractivity contribution is 0.151. The first kappa shape index (κ1) is 7.94. The van der Waals surface area contributed by atoms with Crippen LogP contribution in [0.1, 0.15) is 11.4 Å². The van der Waals surface area contributed by atoms with Gasteiger partial charge in [-0.2, -0.15) is 0 Å². The van der Waals surface area contributed by atoms with Crippen LogP contribution in [-0.2, 0) is 0 Å². The van der Waals surface area contributed by atoms with Gasteiger partial charge >= 0.3 is 0 Å². The van der Waals surface area contributed by atoms with E-state index in [1.54, 1.807) is 0 Å². The Hall–Kier alpha value is -0.160. The van der Waals surface area contributed by atoms with Crippen molar-refractivity contribution in [3.63, 3.8) is 0 Å². The molecular formula is C5H5F2NS2. The van der Waals surface area contributed by atoms with Crippen LogP contribution in [0.4, 0.5) is 8.78 Å². The van der Waals surface area contributed by atoms with Gasteiger partial charge in [0.25, 0.3) is 6.43 Å². The van der Waals surface area contributed by atoms with Gasteiger partial charge < -0.3 is 0 Å². The molecule has 0 spiro atoms. The Bertz CT molecular complexity index is 211. The number of hydrogen-bond acceptors (Lipinski definition) is 3. The van der Waals surface area contributed by atoms with E-state index in [4.69, 9.17) is 0 Å². The van der Waals surface area contributed by atoms with Crippen LogP contribution in [-0.4, -0.2) is 11.2 Å². The second-order valence-electron chi connectivity index (χ2n) is 1.52. The molecule has 5 heteroatoms. The van der Waals surface area contributed by atoms with Crippen molar-refractivity contribution in [1.82, 2.24) is 4.98 Å². The summed E-state index contributed by atoms with van der Waals surface area (Å²) in [5, 5.41) is -0.0932. The van der Waals surface area contributed by atoms with Gasteiger partial charge in [-0.1, -0.05) is 0 Å². The average molecular weight is 181 g/mol. The molecule has 0 aliphatic carbocycles. The predicted molar refractivity (Wildman–Crippen MR) is 38.9 cm³/mol. The molecule has 0 fully saturated rings. The molecule has 0 aliphatic rings. The van der Waals surface area contributed by atoms with Gasteiger partial charge in [-0.3, -0.25) is 0 Å². The Morgan fingerprint density at radius 3 is 2.70 bits per heavy atom.